The van der Waals surface area contributed by atoms with Gasteiger partial charge in [0.2, 0.25) is 0 Å². The van der Waals surface area contributed by atoms with Crippen LogP contribution in [0.5, 0.6) is 0 Å². The first-order valence-corrected chi connectivity index (χ1v) is 6.01. The number of nitrogens with two attached hydrogens (primary N) is 1. The number of nitrogens with one attached hydrogen (secondary N) is 1. The SMILES string of the molecule is CCN(C(=O)c1ccccc1NN)C(C)COC. The van der Waals surface area contributed by atoms with Crippen LogP contribution in [0.3, 0.4) is 0 Å². The van der Waals surface area contributed by atoms with E-state index >= 15 is 0 Å². The fourth-order valence-corrected chi connectivity index (χ4v) is 1.94. The Kier molecular flexibility index (Phi) is 5.61. The van der Waals surface area contributed by atoms with Crippen molar-refractivity contribution in [3.63, 3.8) is 0 Å². The lowest BCUT2D eigenvalue weighted by atomic mass is 10.1. The molecule has 1 atom stereocenters. The second-order valence-electron chi connectivity index (χ2n) is 4.09. The summed E-state index contributed by atoms with van der Waals surface area (Å²) >= 11 is 0. The number of ether oxygens (including phenoxy) is 1. The Morgan fingerprint density at radius 3 is 2.72 bits per heavy atom. The molecule has 1 unspecified atom stereocenters. The number of nitrogen functional groups attached to an aromatic ring is 1. The van der Waals surface area contributed by atoms with Crippen LogP contribution < -0.4 is 11.3 Å². The van der Waals surface area contributed by atoms with Crippen molar-refractivity contribution in [3.8, 4) is 0 Å². The zero-order valence-corrected chi connectivity index (χ0v) is 11.1. The Bertz CT molecular complexity index is 396. The van der Waals surface area contributed by atoms with Crippen LogP contribution in [0.2, 0.25) is 0 Å². The third-order valence-corrected chi connectivity index (χ3v) is 2.85. The van der Waals surface area contributed by atoms with Gasteiger partial charge in [0, 0.05) is 13.7 Å². The van der Waals surface area contributed by atoms with E-state index in [4.69, 9.17) is 10.6 Å². The van der Waals surface area contributed by atoms with E-state index in [1.165, 1.54) is 0 Å². The summed E-state index contributed by atoms with van der Waals surface area (Å²) in [7, 11) is 1.63. The summed E-state index contributed by atoms with van der Waals surface area (Å²) in [4.78, 5) is 14.2. The number of methoxy groups -OCH3 is 1. The summed E-state index contributed by atoms with van der Waals surface area (Å²) in [5.74, 6) is 5.37. The van der Waals surface area contributed by atoms with E-state index in [1.807, 2.05) is 26.0 Å². The fourth-order valence-electron chi connectivity index (χ4n) is 1.94. The monoisotopic (exact) mass is 251 g/mol. The van der Waals surface area contributed by atoms with Gasteiger partial charge in [-0.1, -0.05) is 12.1 Å². The second kappa shape index (κ2) is 6.98. The summed E-state index contributed by atoms with van der Waals surface area (Å²) in [6, 6.07) is 7.23. The molecule has 5 nitrogen and oxygen atoms in total. The topological polar surface area (TPSA) is 67.6 Å². The molecular formula is C13H21N3O2. The summed E-state index contributed by atoms with van der Waals surface area (Å²) < 4.78 is 5.09. The molecule has 3 N–H and O–H groups in total. The molecule has 18 heavy (non-hydrogen) atoms. The number of hydrogen-bond acceptors (Lipinski definition) is 4. The van der Waals surface area contributed by atoms with Gasteiger partial charge in [0.25, 0.3) is 5.91 Å². The van der Waals surface area contributed by atoms with Crippen LogP contribution in [-0.4, -0.2) is 37.1 Å². The highest BCUT2D eigenvalue weighted by molar-refractivity contribution is 5.99. The summed E-state index contributed by atoms with van der Waals surface area (Å²) in [5, 5.41) is 0. The van der Waals surface area contributed by atoms with Crippen molar-refractivity contribution in [2.24, 2.45) is 5.84 Å². The molecule has 0 aliphatic heterocycles. The highest BCUT2D eigenvalue weighted by Crippen LogP contribution is 2.17. The van der Waals surface area contributed by atoms with Crippen molar-refractivity contribution >= 4 is 11.6 Å². The fraction of sp³-hybridized carbons (Fsp3) is 0.462. The van der Waals surface area contributed by atoms with E-state index in [9.17, 15) is 4.79 Å². The highest BCUT2D eigenvalue weighted by Gasteiger charge is 2.21. The number of hydrogen-bond donors (Lipinski definition) is 2. The first-order chi connectivity index (χ1) is 8.65. The van der Waals surface area contributed by atoms with E-state index in [1.54, 1.807) is 24.1 Å². The Labute approximate surface area is 108 Å². The van der Waals surface area contributed by atoms with Crippen molar-refractivity contribution < 1.29 is 9.53 Å². The number of benzene rings is 1. The molecule has 100 valence electrons. The van der Waals surface area contributed by atoms with Gasteiger partial charge in [-0.05, 0) is 26.0 Å². The number of anilines is 1. The number of hydrazine groups is 1. The third kappa shape index (κ3) is 3.21. The maximum Gasteiger partial charge on any atom is 0.256 e. The molecule has 0 aromatic heterocycles. The van der Waals surface area contributed by atoms with Crippen LogP contribution in [0.15, 0.2) is 24.3 Å². The molecule has 0 fully saturated rings. The number of likely N-dealkylation sites (N-methyl/N-ethyl adjacent to an activating group) is 1. The zero-order valence-electron chi connectivity index (χ0n) is 11.1. The maximum absolute atomic E-state index is 12.4. The molecule has 1 amide bonds. The number of carbonyl (C=O) groups excluding carboxylic acids is 1. The average molecular weight is 251 g/mol. The third-order valence-electron chi connectivity index (χ3n) is 2.85. The molecule has 0 saturated carbocycles. The van der Waals surface area contributed by atoms with Crippen LogP contribution in [-0.2, 0) is 4.74 Å². The van der Waals surface area contributed by atoms with Gasteiger partial charge >= 0.3 is 0 Å². The van der Waals surface area contributed by atoms with Crippen LogP contribution >= 0.6 is 0 Å². The largest absolute Gasteiger partial charge is 0.383 e. The molecule has 0 spiro atoms. The van der Waals surface area contributed by atoms with E-state index < -0.39 is 0 Å². The Hall–Kier alpha value is -1.59. The molecular weight excluding hydrogens is 230 g/mol. The molecule has 5 heteroatoms. The van der Waals surface area contributed by atoms with Gasteiger partial charge < -0.3 is 15.1 Å². The summed E-state index contributed by atoms with van der Waals surface area (Å²) in [6.07, 6.45) is 0. The lowest BCUT2D eigenvalue weighted by molar-refractivity contribution is 0.0580. The minimum Gasteiger partial charge on any atom is -0.383 e. The van der Waals surface area contributed by atoms with Crippen molar-refractivity contribution in [3.05, 3.63) is 29.8 Å². The van der Waals surface area contributed by atoms with Crippen molar-refractivity contribution in [1.82, 2.24) is 4.90 Å². The molecule has 0 radical (unpaired) electrons. The standard InChI is InChI=1S/C13H21N3O2/c1-4-16(10(2)9-18-3)13(17)11-7-5-6-8-12(11)15-14/h5-8,10,15H,4,9,14H2,1-3H3. The lowest BCUT2D eigenvalue weighted by Crippen LogP contribution is -2.41. The van der Waals surface area contributed by atoms with Crippen molar-refractivity contribution in [1.29, 1.82) is 0 Å². The van der Waals surface area contributed by atoms with Gasteiger partial charge in [-0.25, -0.2) is 0 Å². The molecule has 0 aliphatic carbocycles. The molecule has 0 bridgehead atoms. The van der Waals surface area contributed by atoms with Gasteiger partial charge in [-0.2, -0.15) is 0 Å². The Balaban J connectivity index is 2.96. The van der Waals surface area contributed by atoms with E-state index in [-0.39, 0.29) is 11.9 Å². The van der Waals surface area contributed by atoms with Gasteiger partial charge in [-0.15, -0.1) is 0 Å². The predicted molar refractivity (Wildman–Crippen MR) is 72.3 cm³/mol. The Morgan fingerprint density at radius 1 is 1.50 bits per heavy atom. The van der Waals surface area contributed by atoms with E-state index in [0.717, 1.165) is 0 Å². The van der Waals surface area contributed by atoms with Gasteiger partial charge in [0.05, 0.1) is 23.9 Å². The quantitative estimate of drug-likeness (QED) is 0.593. The second-order valence-corrected chi connectivity index (χ2v) is 4.09. The van der Waals surface area contributed by atoms with Crippen molar-refractivity contribution in [2.75, 3.05) is 25.7 Å². The predicted octanol–water partition coefficient (Wildman–Crippen LogP) is 1.47. The first kappa shape index (κ1) is 14.5. The van der Waals surface area contributed by atoms with Gasteiger partial charge in [0.1, 0.15) is 0 Å². The lowest BCUT2D eigenvalue weighted by Gasteiger charge is -2.28. The molecule has 1 rings (SSSR count). The molecule has 0 aliphatic rings. The van der Waals surface area contributed by atoms with E-state index in [2.05, 4.69) is 5.43 Å². The molecule has 0 saturated heterocycles. The highest BCUT2D eigenvalue weighted by atomic mass is 16.5. The number of rotatable bonds is 6. The van der Waals surface area contributed by atoms with Gasteiger partial charge in [0.15, 0.2) is 0 Å². The number of para-hydroxylation sites is 1. The number of carbonyl (C=O) groups is 1. The average Bonchev–Trinajstić information content (AvgIpc) is 2.39. The minimum absolute atomic E-state index is 0.0262. The molecule has 1 aromatic carbocycles. The number of amides is 1. The van der Waals surface area contributed by atoms with E-state index in [0.29, 0.717) is 24.4 Å². The van der Waals surface area contributed by atoms with Crippen LogP contribution in [0, 0.1) is 0 Å². The molecule has 0 heterocycles. The number of nitrogens with zero attached hydrogens (tertiary/aromatic N) is 1. The van der Waals surface area contributed by atoms with Crippen LogP contribution in [0.1, 0.15) is 24.2 Å². The minimum atomic E-state index is -0.0457. The normalized spacial score (nSPS) is 12.0. The first-order valence-electron chi connectivity index (χ1n) is 6.01. The summed E-state index contributed by atoms with van der Waals surface area (Å²) in [5.41, 5.74) is 3.75. The van der Waals surface area contributed by atoms with Gasteiger partial charge in [-0.3, -0.25) is 10.6 Å². The van der Waals surface area contributed by atoms with Crippen molar-refractivity contribution in [2.45, 2.75) is 19.9 Å². The van der Waals surface area contributed by atoms with Crippen LogP contribution in [0.25, 0.3) is 0 Å². The summed E-state index contributed by atoms with van der Waals surface area (Å²) in [6.45, 7) is 5.05. The maximum atomic E-state index is 12.4. The van der Waals surface area contributed by atoms with Crippen LogP contribution in [0.4, 0.5) is 5.69 Å². The zero-order chi connectivity index (χ0) is 13.5. The Morgan fingerprint density at radius 2 is 2.17 bits per heavy atom. The smallest absolute Gasteiger partial charge is 0.256 e. The molecule has 1 aromatic rings.